The minimum Gasteiger partial charge on any atom is -0.350 e. The molecule has 1 amide bonds. The molecule has 0 spiro atoms. The molecule has 1 aliphatic carbocycles. The second-order valence-corrected chi connectivity index (χ2v) is 4.89. The Morgan fingerprint density at radius 2 is 2.25 bits per heavy atom. The van der Waals surface area contributed by atoms with E-state index in [0.29, 0.717) is 6.54 Å². The van der Waals surface area contributed by atoms with Crippen LogP contribution in [0.2, 0.25) is 0 Å². The molecular formula is C12H19N3O. The third kappa shape index (κ3) is 2.43. The quantitative estimate of drug-likeness (QED) is 0.820. The zero-order chi connectivity index (χ0) is 11.4. The van der Waals surface area contributed by atoms with Gasteiger partial charge in [-0.25, -0.2) is 0 Å². The maximum Gasteiger partial charge on any atom is 0.226 e. The van der Waals surface area contributed by atoms with E-state index < -0.39 is 0 Å². The Labute approximate surface area is 95.8 Å². The number of rotatable bonds is 3. The molecule has 0 atom stereocenters. The van der Waals surface area contributed by atoms with E-state index in [9.17, 15) is 4.79 Å². The van der Waals surface area contributed by atoms with Gasteiger partial charge in [-0.1, -0.05) is 26.2 Å². The molecule has 1 fully saturated rings. The van der Waals surface area contributed by atoms with Gasteiger partial charge in [0, 0.05) is 11.6 Å². The first-order valence-corrected chi connectivity index (χ1v) is 5.97. The van der Waals surface area contributed by atoms with Crippen LogP contribution in [0.4, 0.5) is 0 Å². The number of hydrogen-bond acceptors (Lipinski definition) is 2. The smallest absolute Gasteiger partial charge is 0.226 e. The molecule has 4 nitrogen and oxygen atoms in total. The molecule has 0 radical (unpaired) electrons. The number of aromatic amines is 1. The van der Waals surface area contributed by atoms with Crippen LogP contribution >= 0.6 is 0 Å². The van der Waals surface area contributed by atoms with Crippen molar-refractivity contribution >= 4 is 5.91 Å². The molecule has 4 heteroatoms. The highest BCUT2D eigenvalue weighted by Gasteiger charge is 2.34. The van der Waals surface area contributed by atoms with Gasteiger partial charge in [-0.2, -0.15) is 5.10 Å². The van der Waals surface area contributed by atoms with E-state index in [1.165, 1.54) is 19.3 Å². The van der Waals surface area contributed by atoms with Crippen LogP contribution in [0.25, 0.3) is 0 Å². The molecule has 0 bridgehead atoms. The highest BCUT2D eigenvalue weighted by Crippen LogP contribution is 2.35. The molecule has 0 saturated heterocycles. The third-order valence-electron chi connectivity index (χ3n) is 3.50. The number of H-pyrrole nitrogens is 1. The molecule has 16 heavy (non-hydrogen) atoms. The van der Waals surface area contributed by atoms with Crippen molar-refractivity contribution in [2.45, 2.75) is 45.6 Å². The summed E-state index contributed by atoms with van der Waals surface area (Å²) in [7, 11) is 0. The molecule has 1 aromatic heterocycles. The molecule has 0 aliphatic heterocycles. The van der Waals surface area contributed by atoms with Gasteiger partial charge in [-0.15, -0.1) is 0 Å². The van der Waals surface area contributed by atoms with Crippen LogP contribution in [0.5, 0.6) is 0 Å². The summed E-state index contributed by atoms with van der Waals surface area (Å²) in [6.07, 6.45) is 7.35. The minimum atomic E-state index is -0.154. The Bertz CT molecular complexity index is 339. The van der Waals surface area contributed by atoms with Crippen LogP contribution < -0.4 is 5.32 Å². The minimum absolute atomic E-state index is 0.154. The van der Waals surface area contributed by atoms with Crippen molar-refractivity contribution < 1.29 is 4.79 Å². The molecule has 1 aliphatic rings. The summed E-state index contributed by atoms with van der Waals surface area (Å²) in [5.41, 5.74) is 0.797. The number of amides is 1. The van der Waals surface area contributed by atoms with Gasteiger partial charge < -0.3 is 5.32 Å². The van der Waals surface area contributed by atoms with Gasteiger partial charge in [-0.05, 0) is 18.9 Å². The lowest BCUT2D eigenvalue weighted by atomic mass is 9.75. The second kappa shape index (κ2) is 4.68. The number of carbonyl (C=O) groups excluding carboxylic acids is 1. The fraction of sp³-hybridized carbons (Fsp3) is 0.667. The summed E-state index contributed by atoms with van der Waals surface area (Å²) >= 11 is 0. The number of carbonyl (C=O) groups is 1. The fourth-order valence-corrected chi connectivity index (χ4v) is 2.33. The van der Waals surface area contributed by atoms with Crippen LogP contribution in [0.15, 0.2) is 12.3 Å². The van der Waals surface area contributed by atoms with Crippen LogP contribution in [-0.4, -0.2) is 16.1 Å². The Hall–Kier alpha value is -1.32. The van der Waals surface area contributed by atoms with Crippen molar-refractivity contribution in [2.75, 3.05) is 0 Å². The van der Waals surface area contributed by atoms with Gasteiger partial charge in [0.25, 0.3) is 0 Å². The van der Waals surface area contributed by atoms with Crippen molar-refractivity contribution in [1.29, 1.82) is 0 Å². The summed E-state index contributed by atoms with van der Waals surface area (Å²) in [5.74, 6) is 0.182. The Morgan fingerprint density at radius 3 is 2.88 bits per heavy atom. The van der Waals surface area contributed by atoms with Crippen molar-refractivity contribution in [3.63, 3.8) is 0 Å². The molecule has 1 heterocycles. The van der Waals surface area contributed by atoms with Crippen molar-refractivity contribution in [1.82, 2.24) is 15.5 Å². The van der Waals surface area contributed by atoms with Crippen LogP contribution in [0.3, 0.4) is 0 Å². The average Bonchev–Trinajstić information content (AvgIpc) is 2.79. The van der Waals surface area contributed by atoms with Crippen molar-refractivity contribution in [3.8, 4) is 0 Å². The standard InChI is InChI=1S/C12H19N3O/c1-12(6-3-2-4-7-12)11(16)13-9-10-5-8-14-15-10/h5,8H,2-4,6-7,9H2,1H3,(H,13,16)(H,14,15). The number of nitrogens with one attached hydrogen (secondary N) is 2. The normalized spacial score (nSPS) is 19.3. The van der Waals surface area contributed by atoms with Gasteiger partial charge in [0.05, 0.1) is 12.2 Å². The first-order valence-electron chi connectivity index (χ1n) is 5.97. The van der Waals surface area contributed by atoms with Crippen molar-refractivity contribution in [3.05, 3.63) is 18.0 Å². The highest BCUT2D eigenvalue weighted by molar-refractivity contribution is 5.82. The van der Waals surface area contributed by atoms with Crippen LogP contribution in [-0.2, 0) is 11.3 Å². The van der Waals surface area contributed by atoms with E-state index in [-0.39, 0.29) is 11.3 Å². The summed E-state index contributed by atoms with van der Waals surface area (Å²) in [5, 5.41) is 9.68. The maximum absolute atomic E-state index is 12.1. The topological polar surface area (TPSA) is 57.8 Å². The van der Waals surface area contributed by atoms with Crippen LogP contribution in [0.1, 0.15) is 44.7 Å². The zero-order valence-electron chi connectivity index (χ0n) is 9.75. The molecule has 1 saturated carbocycles. The summed E-state index contributed by atoms with van der Waals surface area (Å²) in [4.78, 5) is 12.1. The Balaban J connectivity index is 1.87. The van der Waals surface area contributed by atoms with E-state index in [2.05, 4.69) is 22.4 Å². The van der Waals surface area contributed by atoms with E-state index in [1.54, 1.807) is 6.20 Å². The largest absolute Gasteiger partial charge is 0.350 e. The average molecular weight is 221 g/mol. The number of hydrogen-bond donors (Lipinski definition) is 2. The number of nitrogens with zero attached hydrogens (tertiary/aromatic N) is 1. The molecule has 88 valence electrons. The first-order chi connectivity index (χ1) is 7.71. The van der Waals surface area contributed by atoms with Crippen LogP contribution in [0, 0.1) is 5.41 Å². The zero-order valence-corrected chi connectivity index (χ0v) is 9.75. The molecule has 0 unspecified atom stereocenters. The summed E-state index contributed by atoms with van der Waals surface area (Å²) in [6.45, 7) is 2.63. The second-order valence-electron chi connectivity index (χ2n) is 4.89. The van der Waals surface area contributed by atoms with E-state index >= 15 is 0 Å². The molecule has 2 rings (SSSR count). The van der Waals surface area contributed by atoms with E-state index in [0.717, 1.165) is 18.5 Å². The highest BCUT2D eigenvalue weighted by atomic mass is 16.2. The molecular weight excluding hydrogens is 202 g/mol. The number of aromatic nitrogens is 2. The lowest BCUT2D eigenvalue weighted by molar-refractivity contribution is -0.132. The lowest BCUT2D eigenvalue weighted by Crippen LogP contribution is -2.39. The predicted octanol–water partition coefficient (Wildman–Crippen LogP) is 2.00. The fourth-order valence-electron chi connectivity index (χ4n) is 2.33. The molecule has 0 aromatic carbocycles. The van der Waals surface area contributed by atoms with Gasteiger partial charge >= 0.3 is 0 Å². The molecule has 2 N–H and O–H groups in total. The van der Waals surface area contributed by atoms with Gasteiger partial charge in [0.2, 0.25) is 5.91 Å². The summed E-state index contributed by atoms with van der Waals surface area (Å²) in [6, 6.07) is 1.88. The van der Waals surface area contributed by atoms with Gasteiger partial charge in [0.15, 0.2) is 0 Å². The Morgan fingerprint density at radius 1 is 1.50 bits per heavy atom. The van der Waals surface area contributed by atoms with Gasteiger partial charge in [-0.3, -0.25) is 9.89 Å². The van der Waals surface area contributed by atoms with Gasteiger partial charge in [0.1, 0.15) is 0 Å². The maximum atomic E-state index is 12.1. The lowest BCUT2D eigenvalue weighted by Gasteiger charge is -2.31. The third-order valence-corrected chi connectivity index (χ3v) is 3.50. The predicted molar refractivity (Wildman–Crippen MR) is 61.6 cm³/mol. The van der Waals surface area contributed by atoms with E-state index in [4.69, 9.17) is 0 Å². The SMILES string of the molecule is CC1(C(=O)NCc2ccn[nH]2)CCCCC1. The molecule has 1 aromatic rings. The monoisotopic (exact) mass is 221 g/mol. The Kier molecular flexibility index (Phi) is 3.27. The van der Waals surface area contributed by atoms with E-state index in [1.807, 2.05) is 6.07 Å². The van der Waals surface area contributed by atoms with Crippen molar-refractivity contribution in [2.24, 2.45) is 5.41 Å². The first kappa shape index (κ1) is 11.2. The summed E-state index contributed by atoms with van der Waals surface area (Å²) < 4.78 is 0.